The molecule has 3 rings (SSSR count). The summed E-state index contributed by atoms with van der Waals surface area (Å²) in [6, 6.07) is 14.8. The maximum absolute atomic E-state index is 14.1. The van der Waals surface area contributed by atoms with Crippen molar-refractivity contribution < 1.29 is 26.4 Å². The minimum Gasteiger partial charge on any atom is -0.337 e. The van der Waals surface area contributed by atoms with E-state index >= 15 is 0 Å². The number of aromatic nitrogens is 1. The van der Waals surface area contributed by atoms with Gasteiger partial charge in [-0.15, -0.1) is 0 Å². The third-order valence-electron chi connectivity index (χ3n) is 5.45. The van der Waals surface area contributed by atoms with Crippen molar-refractivity contribution in [2.45, 2.75) is 25.7 Å². The van der Waals surface area contributed by atoms with Gasteiger partial charge in [0.2, 0.25) is 0 Å². The summed E-state index contributed by atoms with van der Waals surface area (Å²) >= 11 is 5.95. The van der Waals surface area contributed by atoms with Crippen LogP contribution in [-0.4, -0.2) is 48.9 Å². The Morgan fingerprint density at radius 3 is 2.21 bits per heavy atom. The monoisotopic (exact) mass is 512 g/mol. The van der Waals surface area contributed by atoms with Gasteiger partial charge in [-0.3, -0.25) is 4.79 Å². The second-order valence-corrected chi connectivity index (χ2v) is 10.8. The molecule has 0 fully saturated rings. The molecule has 0 aliphatic heterocycles. The van der Waals surface area contributed by atoms with Gasteiger partial charge < -0.3 is 9.47 Å². The van der Waals surface area contributed by atoms with Crippen LogP contribution in [0.25, 0.3) is 11.1 Å². The average molecular weight is 513 g/mol. The molecule has 0 spiro atoms. The van der Waals surface area contributed by atoms with Gasteiger partial charge >= 0.3 is 6.18 Å². The summed E-state index contributed by atoms with van der Waals surface area (Å²) in [6.07, 6.45) is -3.69. The second-order valence-electron chi connectivity index (χ2n) is 8.23. The van der Waals surface area contributed by atoms with Gasteiger partial charge in [0, 0.05) is 36.5 Å². The number of halogens is 4. The molecular weight excluding hydrogens is 489 g/mol. The summed E-state index contributed by atoms with van der Waals surface area (Å²) in [5, 5.41) is 0.398. The number of rotatable bonds is 7. The Kier molecular flexibility index (Phi) is 7.47. The van der Waals surface area contributed by atoms with Gasteiger partial charge in [-0.2, -0.15) is 13.2 Å². The number of nitrogens with zero attached hydrogens (tertiary/aromatic N) is 2. The highest BCUT2D eigenvalue weighted by Gasteiger charge is 2.39. The van der Waals surface area contributed by atoms with Gasteiger partial charge in [0.25, 0.3) is 5.91 Å². The minimum absolute atomic E-state index is 0.0864. The number of benzene rings is 2. The van der Waals surface area contributed by atoms with E-state index in [4.69, 9.17) is 11.6 Å². The number of carbonyl (C=O) groups is 1. The van der Waals surface area contributed by atoms with Crippen molar-refractivity contribution in [3.05, 3.63) is 82.6 Å². The molecule has 3 aromatic rings. The molecule has 1 amide bonds. The standard InChI is InChI=1S/C24H24ClF3N2O3S/c1-16(15-34(3,32)33)29(2)23(31)22-20(18-9-11-19(25)12-10-18)13-21(24(26,27)28)30(22)14-17-7-5-4-6-8-17/h4-13,16H,14-15H2,1-3H3. The van der Waals surface area contributed by atoms with Crippen molar-refractivity contribution in [2.24, 2.45) is 0 Å². The Labute approximate surface area is 201 Å². The number of sulfone groups is 1. The maximum atomic E-state index is 14.1. The van der Waals surface area contributed by atoms with E-state index in [9.17, 15) is 26.4 Å². The summed E-state index contributed by atoms with van der Waals surface area (Å²) in [5.74, 6) is -1.04. The fourth-order valence-electron chi connectivity index (χ4n) is 3.71. The molecule has 2 aromatic carbocycles. The minimum atomic E-state index is -4.73. The normalized spacial score (nSPS) is 13.0. The lowest BCUT2D eigenvalue weighted by molar-refractivity contribution is -0.143. The fraction of sp³-hybridized carbons (Fsp3) is 0.292. The largest absolute Gasteiger partial charge is 0.431 e. The second kappa shape index (κ2) is 9.84. The van der Waals surface area contributed by atoms with Crippen LogP contribution in [0.2, 0.25) is 5.02 Å². The van der Waals surface area contributed by atoms with Gasteiger partial charge in [0.05, 0.1) is 5.75 Å². The van der Waals surface area contributed by atoms with Crippen molar-refractivity contribution in [3.8, 4) is 11.1 Å². The van der Waals surface area contributed by atoms with Gasteiger partial charge in [0.15, 0.2) is 0 Å². The molecule has 0 aliphatic carbocycles. The zero-order chi connectivity index (χ0) is 25.3. The summed E-state index contributed by atoms with van der Waals surface area (Å²) < 4.78 is 66.9. The molecule has 0 saturated carbocycles. The maximum Gasteiger partial charge on any atom is 0.431 e. The van der Waals surface area contributed by atoms with Crippen LogP contribution in [0.5, 0.6) is 0 Å². The summed E-state index contributed by atoms with van der Waals surface area (Å²) in [5.41, 5.74) is -0.111. The van der Waals surface area contributed by atoms with E-state index in [0.29, 0.717) is 16.1 Å². The van der Waals surface area contributed by atoms with Crippen LogP contribution in [0, 0.1) is 0 Å². The van der Waals surface area contributed by atoms with Crippen LogP contribution in [0.4, 0.5) is 13.2 Å². The molecule has 10 heteroatoms. The first-order valence-corrected chi connectivity index (χ1v) is 12.8. The topological polar surface area (TPSA) is 59.4 Å². The number of alkyl halides is 3. The molecular formula is C24H24ClF3N2O3S. The van der Waals surface area contributed by atoms with E-state index in [-0.39, 0.29) is 23.6 Å². The third kappa shape index (κ3) is 6.01. The lowest BCUT2D eigenvalue weighted by Gasteiger charge is -2.26. The lowest BCUT2D eigenvalue weighted by atomic mass is 10.0. The highest BCUT2D eigenvalue weighted by Crippen LogP contribution is 2.38. The molecule has 182 valence electrons. The van der Waals surface area contributed by atoms with E-state index in [1.807, 2.05) is 0 Å². The zero-order valence-electron chi connectivity index (χ0n) is 18.8. The van der Waals surface area contributed by atoms with Crippen molar-refractivity contribution in [2.75, 3.05) is 19.1 Å². The van der Waals surface area contributed by atoms with Crippen molar-refractivity contribution in [1.82, 2.24) is 9.47 Å². The van der Waals surface area contributed by atoms with Crippen LogP contribution >= 0.6 is 11.6 Å². The number of carbonyl (C=O) groups excluding carboxylic acids is 1. The summed E-state index contributed by atoms with van der Waals surface area (Å²) in [4.78, 5) is 14.8. The molecule has 1 heterocycles. The van der Waals surface area contributed by atoms with Gasteiger partial charge in [0.1, 0.15) is 21.2 Å². The Balaban J connectivity index is 2.23. The van der Waals surface area contributed by atoms with Gasteiger partial charge in [-0.1, -0.05) is 54.1 Å². The predicted molar refractivity (Wildman–Crippen MR) is 127 cm³/mol. The van der Waals surface area contributed by atoms with Gasteiger partial charge in [-0.25, -0.2) is 8.42 Å². The molecule has 0 saturated heterocycles. The Morgan fingerprint density at radius 1 is 1.09 bits per heavy atom. The Hall–Kier alpha value is -2.78. The zero-order valence-corrected chi connectivity index (χ0v) is 20.4. The summed E-state index contributed by atoms with van der Waals surface area (Å²) in [7, 11) is -2.04. The quantitative estimate of drug-likeness (QED) is 0.427. The average Bonchev–Trinajstić information content (AvgIpc) is 3.12. The molecule has 5 nitrogen and oxygen atoms in total. The van der Waals surface area contributed by atoms with Gasteiger partial charge in [-0.05, 0) is 36.2 Å². The number of amides is 1. The molecule has 1 aromatic heterocycles. The van der Waals surface area contributed by atoms with Crippen molar-refractivity contribution >= 4 is 27.3 Å². The van der Waals surface area contributed by atoms with E-state index in [1.54, 1.807) is 42.5 Å². The van der Waals surface area contributed by atoms with Crippen LogP contribution in [0.3, 0.4) is 0 Å². The first kappa shape index (κ1) is 25.8. The van der Waals surface area contributed by atoms with E-state index in [2.05, 4.69) is 0 Å². The fourth-order valence-corrected chi connectivity index (χ4v) is 4.94. The molecule has 0 N–H and O–H groups in total. The molecule has 0 radical (unpaired) electrons. The van der Waals surface area contributed by atoms with Crippen LogP contribution in [0.1, 0.15) is 28.7 Å². The predicted octanol–water partition coefficient (Wildman–Crippen LogP) is 5.38. The van der Waals surface area contributed by atoms with Crippen LogP contribution < -0.4 is 0 Å². The lowest BCUT2D eigenvalue weighted by Crippen LogP contribution is -2.40. The van der Waals surface area contributed by atoms with E-state index in [0.717, 1.165) is 21.8 Å². The third-order valence-corrected chi connectivity index (χ3v) is 6.79. The smallest absolute Gasteiger partial charge is 0.337 e. The first-order valence-electron chi connectivity index (χ1n) is 10.3. The van der Waals surface area contributed by atoms with Crippen molar-refractivity contribution in [1.29, 1.82) is 0 Å². The van der Waals surface area contributed by atoms with E-state index in [1.165, 1.54) is 26.1 Å². The molecule has 1 atom stereocenters. The Morgan fingerprint density at radius 2 is 1.68 bits per heavy atom. The van der Waals surface area contributed by atoms with Crippen LogP contribution in [-0.2, 0) is 22.6 Å². The number of hydrogen-bond acceptors (Lipinski definition) is 3. The first-order chi connectivity index (χ1) is 15.8. The highest BCUT2D eigenvalue weighted by atomic mass is 35.5. The number of hydrogen-bond donors (Lipinski definition) is 0. The van der Waals surface area contributed by atoms with E-state index < -0.39 is 33.7 Å². The molecule has 1 unspecified atom stereocenters. The van der Waals surface area contributed by atoms with Crippen LogP contribution in [0.15, 0.2) is 60.7 Å². The van der Waals surface area contributed by atoms with Crippen molar-refractivity contribution in [3.63, 3.8) is 0 Å². The highest BCUT2D eigenvalue weighted by molar-refractivity contribution is 7.90. The Bertz CT molecular complexity index is 1270. The molecule has 34 heavy (non-hydrogen) atoms. The molecule has 0 aliphatic rings. The SMILES string of the molecule is CC(CS(C)(=O)=O)N(C)C(=O)c1c(-c2ccc(Cl)cc2)cc(C(F)(F)F)n1Cc1ccccc1. The summed E-state index contributed by atoms with van der Waals surface area (Å²) in [6.45, 7) is 1.34. The molecule has 0 bridgehead atoms.